The second-order valence-electron chi connectivity index (χ2n) is 4.48. The zero-order valence-corrected chi connectivity index (χ0v) is 12.3. The van der Waals surface area contributed by atoms with Gasteiger partial charge in [-0.05, 0) is 42.5 Å². The van der Waals surface area contributed by atoms with Gasteiger partial charge in [-0.2, -0.15) is 0 Å². The summed E-state index contributed by atoms with van der Waals surface area (Å²) in [6.07, 6.45) is 0. The number of H-pyrrole nitrogens is 1. The SMILES string of the molecule is NC(=O)c1[nH]c2ccc(Cl)cc2c1Sc1ccc(O)cc1. The number of halogens is 1. The van der Waals surface area contributed by atoms with Crippen molar-refractivity contribution in [2.24, 2.45) is 5.73 Å². The van der Waals surface area contributed by atoms with Crippen LogP contribution in [0.1, 0.15) is 10.5 Å². The van der Waals surface area contributed by atoms with E-state index >= 15 is 0 Å². The Morgan fingerprint density at radius 2 is 1.90 bits per heavy atom. The van der Waals surface area contributed by atoms with Crippen molar-refractivity contribution in [3.8, 4) is 5.75 Å². The molecule has 1 amide bonds. The van der Waals surface area contributed by atoms with Crippen molar-refractivity contribution in [2.45, 2.75) is 9.79 Å². The third kappa shape index (κ3) is 2.70. The minimum absolute atomic E-state index is 0.191. The fourth-order valence-corrected chi connectivity index (χ4v) is 3.26. The van der Waals surface area contributed by atoms with E-state index in [4.69, 9.17) is 17.3 Å². The number of rotatable bonds is 3. The Morgan fingerprint density at radius 3 is 2.57 bits per heavy atom. The van der Waals surface area contributed by atoms with E-state index in [0.29, 0.717) is 10.7 Å². The summed E-state index contributed by atoms with van der Waals surface area (Å²) >= 11 is 7.43. The molecule has 1 heterocycles. The monoisotopic (exact) mass is 318 g/mol. The predicted octanol–water partition coefficient (Wildman–Crippen LogP) is 3.78. The van der Waals surface area contributed by atoms with Gasteiger partial charge in [-0.25, -0.2) is 0 Å². The highest BCUT2D eigenvalue weighted by atomic mass is 35.5. The Bertz CT molecular complexity index is 828. The van der Waals surface area contributed by atoms with Crippen LogP contribution in [0.5, 0.6) is 5.75 Å². The van der Waals surface area contributed by atoms with Crippen molar-refractivity contribution in [3.63, 3.8) is 0 Å². The van der Waals surface area contributed by atoms with Crippen LogP contribution in [0.4, 0.5) is 0 Å². The van der Waals surface area contributed by atoms with Gasteiger partial charge in [0, 0.05) is 20.8 Å². The molecular weight excluding hydrogens is 308 g/mol. The highest BCUT2D eigenvalue weighted by Gasteiger charge is 2.17. The zero-order valence-electron chi connectivity index (χ0n) is 10.8. The molecule has 1 aromatic heterocycles. The van der Waals surface area contributed by atoms with Gasteiger partial charge in [0.05, 0.1) is 4.90 Å². The van der Waals surface area contributed by atoms with Crippen LogP contribution >= 0.6 is 23.4 Å². The van der Waals surface area contributed by atoms with Crippen molar-refractivity contribution in [2.75, 3.05) is 0 Å². The van der Waals surface area contributed by atoms with Crippen LogP contribution in [0.2, 0.25) is 5.02 Å². The van der Waals surface area contributed by atoms with E-state index in [-0.39, 0.29) is 5.75 Å². The van der Waals surface area contributed by atoms with Gasteiger partial charge in [-0.3, -0.25) is 4.79 Å². The number of aromatic nitrogens is 1. The average molecular weight is 319 g/mol. The Labute approximate surface area is 129 Å². The number of hydrogen-bond donors (Lipinski definition) is 3. The average Bonchev–Trinajstić information content (AvgIpc) is 2.80. The molecule has 106 valence electrons. The number of phenolic OH excluding ortho intramolecular Hbond substituents is 1. The summed E-state index contributed by atoms with van der Waals surface area (Å²) in [6, 6.07) is 12.1. The number of aromatic amines is 1. The highest BCUT2D eigenvalue weighted by molar-refractivity contribution is 7.99. The van der Waals surface area contributed by atoms with Crippen LogP contribution in [-0.2, 0) is 0 Å². The first-order chi connectivity index (χ1) is 10.0. The molecule has 2 aromatic carbocycles. The molecule has 4 nitrogen and oxygen atoms in total. The Morgan fingerprint density at radius 1 is 1.19 bits per heavy atom. The lowest BCUT2D eigenvalue weighted by molar-refractivity contribution is 0.0993. The largest absolute Gasteiger partial charge is 0.508 e. The van der Waals surface area contributed by atoms with Gasteiger partial charge in [0.2, 0.25) is 0 Å². The van der Waals surface area contributed by atoms with Crippen molar-refractivity contribution in [1.29, 1.82) is 0 Å². The first kappa shape index (κ1) is 13.9. The molecule has 0 unspecified atom stereocenters. The van der Waals surface area contributed by atoms with Crippen molar-refractivity contribution < 1.29 is 9.90 Å². The molecule has 3 aromatic rings. The fraction of sp³-hybridized carbons (Fsp3) is 0. The molecule has 6 heteroatoms. The second kappa shape index (κ2) is 5.35. The molecule has 0 atom stereocenters. The van der Waals surface area contributed by atoms with Gasteiger partial charge in [-0.15, -0.1) is 0 Å². The fourth-order valence-electron chi connectivity index (χ4n) is 2.05. The van der Waals surface area contributed by atoms with E-state index < -0.39 is 5.91 Å². The molecular formula is C15H11ClN2O2S. The van der Waals surface area contributed by atoms with E-state index in [1.807, 2.05) is 6.07 Å². The number of hydrogen-bond acceptors (Lipinski definition) is 3. The third-order valence-corrected chi connectivity index (χ3v) is 4.39. The Balaban J connectivity index is 2.14. The lowest BCUT2D eigenvalue weighted by Gasteiger charge is -2.03. The molecule has 0 fully saturated rings. The standard InChI is InChI=1S/C15H11ClN2O2S/c16-8-1-6-12-11(7-8)14(13(18-12)15(17)20)21-10-4-2-9(19)3-5-10/h1-7,18-19H,(H2,17,20). The number of benzene rings is 2. The number of carbonyl (C=O) groups is 1. The molecule has 0 aliphatic carbocycles. The number of amides is 1. The molecule has 3 rings (SSSR count). The molecule has 0 aliphatic heterocycles. The van der Waals surface area contributed by atoms with E-state index in [1.165, 1.54) is 11.8 Å². The summed E-state index contributed by atoms with van der Waals surface area (Å²) in [5.74, 6) is -0.333. The number of fused-ring (bicyclic) bond motifs is 1. The quantitative estimate of drug-likeness (QED) is 0.687. The Kier molecular flexibility index (Phi) is 3.53. The van der Waals surface area contributed by atoms with Crippen LogP contribution in [0.25, 0.3) is 10.9 Å². The first-order valence-electron chi connectivity index (χ1n) is 6.12. The number of nitrogens with two attached hydrogens (primary N) is 1. The lowest BCUT2D eigenvalue weighted by atomic mass is 10.2. The van der Waals surface area contributed by atoms with E-state index in [0.717, 1.165) is 20.7 Å². The maximum absolute atomic E-state index is 11.6. The molecule has 0 saturated carbocycles. The van der Waals surface area contributed by atoms with Crippen LogP contribution in [0.3, 0.4) is 0 Å². The molecule has 4 N–H and O–H groups in total. The first-order valence-corrected chi connectivity index (χ1v) is 7.32. The highest BCUT2D eigenvalue weighted by Crippen LogP contribution is 2.38. The molecule has 0 bridgehead atoms. The molecule has 0 spiro atoms. The van der Waals surface area contributed by atoms with Gasteiger partial charge >= 0.3 is 0 Å². The molecule has 0 saturated heterocycles. The minimum atomic E-state index is -0.524. The number of primary amides is 1. The van der Waals surface area contributed by atoms with Crippen LogP contribution in [-0.4, -0.2) is 16.0 Å². The number of nitrogens with one attached hydrogen (secondary N) is 1. The number of aromatic hydroxyl groups is 1. The molecule has 0 radical (unpaired) electrons. The molecule has 0 aliphatic rings. The zero-order chi connectivity index (χ0) is 15.0. The summed E-state index contributed by atoms with van der Waals surface area (Å²) in [7, 11) is 0. The maximum atomic E-state index is 11.6. The minimum Gasteiger partial charge on any atom is -0.508 e. The number of carbonyl (C=O) groups excluding carboxylic acids is 1. The second-order valence-corrected chi connectivity index (χ2v) is 6.00. The summed E-state index contributed by atoms with van der Waals surface area (Å²) in [5.41, 5.74) is 6.59. The Hall–Kier alpha value is -2.11. The van der Waals surface area contributed by atoms with Gasteiger partial charge in [0.25, 0.3) is 5.91 Å². The van der Waals surface area contributed by atoms with Gasteiger partial charge in [0.1, 0.15) is 11.4 Å². The van der Waals surface area contributed by atoms with E-state index in [9.17, 15) is 9.90 Å². The van der Waals surface area contributed by atoms with Crippen molar-refractivity contribution >= 4 is 40.2 Å². The molecule has 21 heavy (non-hydrogen) atoms. The maximum Gasteiger partial charge on any atom is 0.266 e. The third-order valence-electron chi connectivity index (χ3n) is 3.02. The van der Waals surface area contributed by atoms with Crippen LogP contribution < -0.4 is 5.73 Å². The summed E-state index contributed by atoms with van der Waals surface area (Å²) in [6.45, 7) is 0. The van der Waals surface area contributed by atoms with E-state index in [1.54, 1.807) is 36.4 Å². The summed E-state index contributed by atoms with van der Waals surface area (Å²) in [5, 5.41) is 10.8. The number of phenols is 1. The van der Waals surface area contributed by atoms with Crippen LogP contribution in [0, 0.1) is 0 Å². The van der Waals surface area contributed by atoms with Crippen LogP contribution in [0.15, 0.2) is 52.3 Å². The van der Waals surface area contributed by atoms with Crippen molar-refractivity contribution in [3.05, 3.63) is 53.2 Å². The van der Waals surface area contributed by atoms with Crippen molar-refractivity contribution in [1.82, 2.24) is 4.98 Å². The van der Waals surface area contributed by atoms with Gasteiger partial charge in [-0.1, -0.05) is 23.4 Å². The lowest BCUT2D eigenvalue weighted by Crippen LogP contribution is -2.12. The van der Waals surface area contributed by atoms with Gasteiger partial charge in [0.15, 0.2) is 0 Å². The predicted molar refractivity (Wildman–Crippen MR) is 84.1 cm³/mol. The summed E-state index contributed by atoms with van der Waals surface area (Å²) < 4.78 is 0. The summed E-state index contributed by atoms with van der Waals surface area (Å²) in [4.78, 5) is 16.3. The normalized spacial score (nSPS) is 10.9. The smallest absolute Gasteiger partial charge is 0.266 e. The topological polar surface area (TPSA) is 79.1 Å². The van der Waals surface area contributed by atoms with Gasteiger partial charge < -0.3 is 15.8 Å². The van der Waals surface area contributed by atoms with E-state index in [2.05, 4.69) is 4.98 Å².